The predicted octanol–water partition coefficient (Wildman–Crippen LogP) is 3.98. The zero-order valence-electron chi connectivity index (χ0n) is 14.1. The lowest BCUT2D eigenvalue weighted by Crippen LogP contribution is -2.40. The number of rotatable bonds is 2. The van der Waals surface area contributed by atoms with Crippen molar-refractivity contribution in [2.24, 2.45) is 5.92 Å². The Labute approximate surface area is 139 Å². The standard InChI is InChI=1S/C13H17NO3.C6H12/c15-12-6-8-14(9-7-12)13(16)17-10-11-4-2-1-3-5-11;1-6-4-2-3-5-6/h1-5,12,15H,6-10H2;6H,2-5H2,1H3. The fourth-order valence-corrected chi connectivity index (χ4v) is 2.99. The molecule has 4 heteroatoms. The molecule has 4 nitrogen and oxygen atoms in total. The zero-order chi connectivity index (χ0) is 16.5. The number of likely N-dealkylation sites (tertiary alicyclic amines) is 1. The highest BCUT2D eigenvalue weighted by atomic mass is 16.6. The number of piperidine rings is 1. The molecule has 1 aliphatic carbocycles. The number of nitrogens with zero attached hydrogens (tertiary/aromatic N) is 1. The summed E-state index contributed by atoms with van der Waals surface area (Å²) in [4.78, 5) is 13.3. The minimum absolute atomic E-state index is 0.270. The molecule has 0 aromatic heterocycles. The van der Waals surface area contributed by atoms with Gasteiger partial charge in [-0.3, -0.25) is 0 Å². The predicted molar refractivity (Wildman–Crippen MR) is 91.1 cm³/mol. The van der Waals surface area contributed by atoms with E-state index < -0.39 is 0 Å². The van der Waals surface area contributed by atoms with Gasteiger partial charge in [0.05, 0.1) is 6.10 Å². The Hall–Kier alpha value is -1.55. The first kappa shape index (κ1) is 17.8. The highest BCUT2D eigenvalue weighted by Gasteiger charge is 2.22. The van der Waals surface area contributed by atoms with Crippen LogP contribution in [0.2, 0.25) is 0 Å². The molecule has 1 N–H and O–H groups in total. The van der Waals surface area contributed by atoms with Crippen molar-refractivity contribution in [2.75, 3.05) is 13.1 Å². The van der Waals surface area contributed by atoms with Crippen molar-refractivity contribution in [3.05, 3.63) is 35.9 Å². The Morgan fingerprint density at radius 3 is 2.26 bits per heavy atom. The van der Waals surface area contributed by atoms with Crippen LogP contribution in [0.15, 0.2) is 30.3 Å². The van der Waals surface area contributed by atoms with Crippen LogP contribution in [0.3, 0.4) is 0 Å². The largest absolute Gasteiger partial charge is 0.445 e. The van der Waals surface area contributed by atoms with Gasteiger partial charge in [0.15, 0.2) is 0 Å². The van der Waals surface area contributed by atoms with E-state index in [0.29, 0.717) is 32.5 Å². The summed E-state index contributed by atoms with van der Waals surface area (Å²) in [5, 5.41) is 9.34. The summed E-state index contributed by atoms with van der Waals surface area (Å²) < 4.78 is 5.21. The molecule has 3 rings (SSSR count). The van der Waals surface area contributed by atoms with Crippen molar-refractivity contribution in [3.63, 3.8) is 0 Å². The summed E-state index contributed by atoms with van der Waals surface area (Å²) >= 11 is 0. The average Bonchev–Trinajstić information content (AvgIpc) is 3.06. The number of aliphatic hydroxyl groups excluding tert-OH is 1. The molecule has 0 spiro atoms. The molecule has 2 fully saturated rings. The summed E-state index contributed by atoms with van der Waals surface area (Å²) in [6.45, 7) is 3.80. The fraction of sp³-hybridized carbons (Fsp3) is 0.632. The van der Waals surface area contributed by atoms with E-state index in [1.165, 1.54) is 25.7 Å². The third-order valence-electron chi connectivity index (χ3n) is 4.57. The van der Waals surface area contributed by atoms with Crippen molar-refractivity contribution in [2.45, 2.75) is 58.2 Å². The number of aliphatic hydroxyl groups is 1. The van der Waals surface area contributed by atoms with Gasteiger partial charge in [0.1, 0.15) is 6.61 Å². The molecular weight excluding hydrogens is 290 g/mol. The molecule has 1 aromatic carbocycles. The van der Waals surface area contributed by atoms with Crippen LogP contribution in [-0.4, -0.2) is 35.3 Å². The lowest BCUT2D eigenvalue weighted by molar-refractivity contribution is 0.0560. The maximum atomic E-state index is 11.7. The van der Waals surface area contributed by atoms with Gasteiger partial charge >= 0.3 is 6.09 Å². The number of carbonyl (C=O) groups is 1. The number of hydrogen-bond donors (Lipinski definition) is 1. The lowest BCUT2D eigenvalue weighted by atomic mass is 10.1. The maximum Gasteiger partial charge on any atom is 0.410 e. The topological polar surface area (TPSA) is 49.8 Å². The molecule has 0 radical (unpaired) electrons. The molecule has 1 saturated heterocycles. The van der Waals surface area contributed by atoms with E-state index in [9.17, 15) is 9.90 Å². The quantitative estimate of drug-likeness (QED) is 0.897. The van der Waals surface area contributed by atoms with Gasteiger partial charge < -0.3 is 14.7 Å². The second-order valence-electron chi connectivity index (χ2n) is 6.65. The van der Waals surface area contributed by atoms with Crippen molar-refractivity contribution < 1.29 is 14.6 Å². The Morgan fingerprint density at radius 2 is 1.74 bits per heavy atom. The second kappa shape index (κ2) is 9.56. The van der Waals surface area contributed by atoms with Crippen LogP contribution >= 0.6 is 0 Å². The Balaban J connectivity index is 0.000000268. The highest BCUT2D eigenvalue weighted by Crippen LogP contribution is 2.22. The van der Waals surface area contributed by atoms with Gasteiger partial charge in [-0.2, -0.15) is 0 Å². The van der Waals surface area contributed by atoms with Crippen LogP contribution in [0.5, 0.6) is 0 Å². The van der Waals surface area contributed by atoms with Gasteiger partial charge in [-0.25, -0.2) is 4.79 Å². The molecular formula is C19H29NO3. The summed E-state index contributed by atoms with van der Waals surface area (Å²) in [5.41, 5.74) is 0.984. The van der Waals surface area contributed by atoms with Crippen LogP contribution in [0.1, 0.15) is 51.0 Å². The van der Waals surface area contributed by atoms with Gasteiger partial charge in [-0.1, -0.05) is 62.9 Å². The molecule has 1 aliphatic heterocycles. The molecule has 0 bridgehead atoms. The van der Waals surface area contributed by atoms with E-state index in [2.05, 4.69) is 6.92 Å². The molecule has 1 heterocycles. The normalized spacial score (nSPS) is 19.1. The van der Waals surface area contributed by atoms with Gasteiger partial charge in [-0.15, -0.1) is 0 Å². The zero-order valence-corrected chi connectivity index (χ0v) is 14.1. The number of benzene rings is 1. The molecule has 0 unspecified atom stereocenters. The molecule has 23 heavy (non-hydrogen) atoms. The first-order valence-corrected chi connectivity index (χ1v) is 8.79. The Bertz CT molecular complexity index is 449. The number of hydrogen-bond acceptors (Lipinski definition) is 3. The van der Waals surface area contributed by atoms with Crippen molar-refractivity contribution >= 4 is 6.09 Å². The van der Waals surface area contributed by atoms with Crippen molar-refractivity contribution in [1.29, 1.82) is 0 Å². The van der Waals surface area contributed by atoms with Crippen molar-refractivity contribution in [3.8, 4) is 0 Å². The average molecular weight is 319 g/mol. The van der Waals surface area contributed by atoms with Crippen LogP contribution < -0.4 is 0 Å². The summed E-state index contributed by atoms with van der Waals surface area (Å²) in [7, 11) is 0. The molecule has 128 valence electrons. The highest BCUT2D eigenvalue weighted by molar-refractivity contribution is 5.67. The maximum absolute atomic E-state index is 11.7. The van der Waals surface area contributed by atoms with Gasteiger partial charge in [-0.05, 0) is 24.3 Å². The smallest absolute Gasteiger partial charge is 0.410 e. The van der Waals surface area contributed by atoms with Crippen LogP contribution in [0.4, 0.5) is 4.79 Å². The first-order valence-electron chi connectivity index (χ1n) is 8.79. The van der Waals surface area contributed by atoms with Crippen LogP contribution in [0, 0.1) is 5.92 Å². The number of carbonyl (C=O) groups excluding carboxylic acids is 1. The SMILES string of the molecule is CC1CCCC1.O=C(OCc1ccccc1)N1CCC(O)CC1. The van der Waals surface area contributed by atoms with E-state index in [4.69, 9.17) is 4.74 Å². The minimum Gasteiger partial charge on any atom is -0.445 e. The van der Waals surface area contributed by atoms with Gasteiger partial charge in [0, 0.05) is 13.1 Å². The summed E-state index contributed by atoms with van der Waals surface area (Å²) in [6, 6.07) is 9.61. The summed E-state index contributed by atoms with van der Waals surface area (Å²) in [5.74, 6) is 1.05. The fourth-order valence-electron chi connectivity index (χ4n) is 2.99. The van der Waals surface area contributed by atoms with Crippen LogP contribution in [-0.2, 0) is 11.3 Å². The monoisotopic (exact) mass is 319 g/mol. The molecule has 0 atom stereocenters. The molecule has 2 aliphatic rings. The van der Waals surface area contributed by atoms with E-state index in [0.717, 1.165) is 11.5 Å². The Morgan fingerprint density at radius 1 is 1.13 bits per heavy atom. The third kappa shape index (κ3) is 6.61. The van der Waals surface area contributed by atoms with E-state index in [-0.39, 0.29) is 12.2 Å². The number of ether oxygens (including phenoxy) is 1. The minimum atomic E-state index is -0.291. The Kier molecular flexibility index (Phi) is 7.40. The van der Waals surface area contributed by atoms with Gasteiger partial charge in [0.25, 0.3) is 0 Å². The molecule has 1 aromatic rings. The molecule has 1 saturated carbocycles. The van der Waals surface area contributed by atoms with Crippen LogP contribution in [0.25, 0.3) is 0 Å². The first-order chi connectivity index (χ1) is 11.1. The van der Waals surface area contributed by atoms with E-state index in [1.807, 2.05) is 30.3 Å². The molecule has 1 amide bonds. The lowest BCUT2D eigenvalue weighted by Gasteiger charge is -2.28. The summed E-state index contributed by atoms with van der Waals surface area (Å²) in [6.07, 6.45) is 6.66. The third-order valence-corrected chi connectivity index (χ3v) is 4.57. The number of amides is 1. The van der Waals surface area contributed by atoms with E-state index >= 15 is 0 Å². The van der Waals surface area contributed by atoms with Gasteiger partial charge in [0.2, 0.25) is 0 Å². The van der Waals surface area contributed by atoms with Crippen molar-refractivity contribution in [1.82, 2.24) is 4.90 Å². The second-order valence-corrected chi connectivity index (χ2v) is 6.65. The van der Waals surface area contributed by atoms with E-state index in [1.54, 1.807) is 4.90 Å².